The van der Waals surface area contributed by atoms with Crippen molar-refractivity contribution in [1.29, 1.82) is 10.8 Å². The molecular formula is C18H14N4O4. The molecule has 0 spiro atoms. The molecule has 0 aliphatic rings. The van der Waals surface area contributed by atoms with Crippen LogP contribution in [0.15, 0.2) is 47.0 Å². The molecule has 3 aromatic rings. The standard InChI is InChI=1S/C18H14N4O4/c1-25-17-5-3-11(9-19)6-14(17)18-8-15(21-26-18)13-4-2-12(10-20)7-16(13)22(23)24/h2-10,19-20H,1H3. The Labute approximate surface area is 148 Å². The summed E-state index contributed by atoms with van der Waals surface area (Å²) in [5.74, 6) is 0.901. The minimum Gasteiger partial charge on any atom is -0.496 e. The fourth-order valence-electron chi connectivity index (χ4n) is 2.54. The maximum atomic E-state index is 11.4. The Balaban J connectivity index is 2.11. The largest absolute Gasteiger partial charge is 0.496 e. The SMILES string of the molecule is COc1ccc(C=N)cc1-c1cc(-c2ccc(C=N)cc2[N+](=O)[O-])no1. The van der Waals surface area contributed by atoms with Crippen molar-refractivity contribution in [2.24, 2.45) is 0 Å². The van der Waals surface area contributed by atoms with Crippen molar-refractivity contribution >= 4 is 18.1 Å². The van der Waals surface area contributed by atoms with Crippen LogP contribution in [0.5, 0.6) is 5.75 Å². The van der Waals surface area contributed by atoms with Crippen LogP contribution in [0.1, 0.15) is 11.1 Å². The van der Waals surface area contributed by atoms with Crippen LogP contribution in [-0.2, 0) is 0 Å². The van der Waals surface area contributed by atoms with E-state index in [4.69, 9.17) is 20.1 Å². The van der Waals surface area contributed by atoms with Crippen LogP contribution in [0.3, 0.4) is 0 Å². The highest BCUT2D eigenvalue weighted by molar-refractivity contribution is 5.84. The number of nitrogens with zero attached hydrogens (tertiary/aromatic N) is 2. The van der Waals surface area contributed by atoms with Crippen LogP contribution in [0.4, 0.5) is 5.69 Å². The van der Waals surface area contributed by atoms with Crippen molar-refractivity contribution in [3.05, 3.63) is 63.7 Å². The molecule has 130 valence electrons. The number of nitro groups is 1. The lowest BCUT2D eigenvalue weighted by atomic mass is 10.0. The van der Waals surface area contributed by atoms with E-state index in [0.29, 0.717) is 33.9 Å². The summed E-state index contributed by atoms with van der Waals surface area (Å²) < 4.78 is 10.7. The predicted octanol–water partition coefficient (Wildman–Crippen LogP) is 3.92. The lowest BCUT2D eigenvalue weighted by Gasteiger charge is -2.06. The van der Waals surface area contributed by atoms with Gasteiger partial charge in [-0.15, -0.1) is 0 Å². The number of nitro benzene ring substituents is 1. The number of ether oxygens (including phenoxy) is 1. The van der Waals surface area contributed by atoms with Crippen molar-refractivity contribution in [2.45, 2.75) is 0 Å². The second-order valence-electron chi connectivity index (χ2n) is 5.36. The van der Waals surface area contributed by atoms with E-state index < -0.39 is 4.92 Å². The lowest BCUT2D eigenvalue weighted by molar-refractivity contribution is -0.384. The molecule has 8 nitrogen and oxygen atoms in total. The third kappa shape index (κ3) is 3.07. The number of rotatable bonds is 6. The van der Waals surface area contributed by atoms with Gasteiger partial charge in [0.15, 0.2) is 5.76 Å². The van der Waals surface area contributed by atoms with E-state index in [9.17, 15) is 10.1 Å². The molecule has 0 saturated heterocycles. The zero-order valence-electron chi connectivity index (χ0n) is 13.7. The number of benzene rings is 2. The van der Waals surface area contributed by atoms with Gasteiger partial charge < -0.3 is 20.1 Å². The van der Waals surface area contributed by atoms with Gasteiger partial charge in [-0.3, -0.25) is 10.1 Å². The topological polar surface area (TPSA) is 126 Å². The molecule has 0 amide bonds. The molecule has 2 aromatic carbocycles. The third-order valence-electron chi connectivity index (χ3n) is 3.83. The van der Waals surface area contributed by atoms with Gasteiger partial charge in [-0.25, -0.2) is 0 Å². The van der Waals surface area contributed by atoms with E-state index in [0.717, 1.165) is 6.21 Å². The van der Waals surface area contributed by atoms with Gasteiger partial charge in [-0.05, 0) is 35.4 Å². The number of hydrogen-bond acceptors (Lipinski definition) is 7. The number of methoxy groups -OCH3 is 1. The molecule has 0 bridgehead atoms. The highest BCUT2D eigenvalue weighted by Crippen LogP contribution is 2.36. The zero-order valence-corrected chi connectivity index (χ0v) is 13.7. The number of aromatic nitrogens is 1. The van der Waals surface area contributed by atoms with Gasteiger partial charge in [0.05, 0.1) is 23.2 Å². The van der Waals surface area contributed by atoms with Crippen molar-refractivity contribution in [3.63, 3.8) is 0 Å². The molecule has 0 atom stereocenters. The highest BCUT2D eigenvalue weighted by Gasteiger charge is 2.20. The van der Waals surface area contributed by atoms with Crippen molar-refractivity contribution < 1.29 is 14.2 Å². The van der Waals surface area contributed by atoms with E-state index in [2.05, 4.69) is 5.16 Å². The summed E-state index contributed by atoms with van der Waals surface area (Å²) in [4.78, 5) is 10.8. The average molecular weight is 350 g/mol. The Morgan fingerprint density at radius 2 is 1.77 bits per heavy atom. The average Bonchev–Trinajstić information content (AvgIpc) is 3.16. The second kappa shape index (κ2) is 6.98. The molecular weight excluding hydrogens is 336 g/mol. The predicted molar refractivity (Wildman–Crippen MR) is 96.4 cm³/mol. The molecule has 0 unspecified atom stereocenters. The molecule has 1 aromatic heterocycles. The molecule has 0 aliphatic carbocycles. The molecule has 26 heavy (non-hydrogen) atoms. The van der Waals surface area contributed by atoms with Gasteiger partial charge in [0.1, 0.15) is 11.4 Å². The summed E-state index contributed by atoms with van der Waals surface area (Å²) in [5.41, 5.74) is 2.09. The van der Waals surface area contributed by atoms with Crippen LogP contribution >= 0.6 is 0 Å². The first-order valence-corrected chi connectivity index (χ1v) is 7.52. The zero-order chi connectivity index (χ0) is 18.7. The van der Waals surface area contributed by atoms with Crippen molar-refractivity contribution in [2.75, 3.05) is 7.11 Å². The Hall–Kier alpha value is -3.81. The Morgan fingerprint density at radius 1 is 1.08 bits per heavy atom. The minimum absolute atomic E-state index is 0.161. The molecule has 8 heteroatoms. The summed E-state index contributed by atoms with van der Waals surface area (Å²) in [6, 6.07) is 11.2. The maximum Gasteiger partial charge on any atom is 0.279 e. The third-order valence-corrected chi connectivity index (χ3v) is 3.83. The first-order chi connectivity index (χ1) is 12.6. The summed E-state index contributed by atoms with van der Waals surface area (Å²) in [6.07, 6.45) is 2.24. The van der Waals surface area contributed by atoms with E-state index in [-0.39, 0.29) is 11.3 Å². The van der Waals surface area contributed by atoms with Gasteiger partial charge in [0.2, 0.25) is 0 Å². The highest BCUT2D eigenvalue weighted by atomic mass is 16.6. The van der Waals surface area contributed by atoms with Gasteiger partial charge in [-0.2, -0.15) is 0 Å². The summed E-state index contributed by atoms with van der Waals surface area (Å²) in [7, 11) is 1.51. The van der Waals surface area contributed by atoms with Gasteiger partial charge in [0, 0.05) is 24.6 Å². The molecule has 0 radical (unpaired) electrons. The number of nitrogens with one attached hydrogen (secondary N) is 2. The molecule has 3 rings (SSSR count). The Morgan fingerprint density at radius 3 is 2.42 bits per heavy atom. The van der Waals surface area contributed by atoms with Crippen molar-refractivity contribution in [1.82, 2.24) is 5.16 Å². The smallest absolute Gasteiger partial charge is 0.279 e. The van der Waals surface area contributed by atoms with Crippen LogP contribution < -0.4 is 4.74 Å². The number of hydrogen-bond donors (Lipinski definition) is 2. The summed E-state index contributed by atoms with van der Waals surface area (Å²) in [5, 5.41) is 29.9. The van der Waals surface area contributed by atoms with Crippen LogP contribution in [0.2, 0.25) is 0 Å². The van der Waals surface area contributed by atoms with Crippen LogP contribution in [0, 0.1) is 20.9 Å². The Bertz CT molecular complexity index is 1010. The van der Waals surface area contributed by atoms with E-state index in [1.165, 1.54) is 25.5 Å². The lowest BCUT2D eigenvalue weighted by Crippen LogP contribution is -1.94. The quantitative estimate of drug-likeness (QED) is 0.396. The Kier molecular flexibility index (Phi) is 4.57. The summed E-state index contributed by atoms with van der Waals surface area (Å²) >= 11 is 0. The fraction of sp³-hybridized carbons (Fsp3) is 0.0556. The first-order valence-electron chi connectivity index (χ1n) is 7.52. The minimum atomic E-state index is -0.521. The second-order valence-corrected chi connectivity index (χ2v) is 5.36. The first kappa shape index (κ1) is 17.0. The molecule has 0 aliphatic heterocycles. The molecule has 0 saturated carbocycles. The summed E-state index contributed by atoms with van der Waals surface area (Å²) in [6.45, 7) is 0. The van der Waals surface area contributed by atoms with Gasteiger partial charge in [-0.1, -0.05) is 11.2 Å². The van der Waals surface area contributed by atoms with Gasteiger partial charge >= 0.3 is 0 Å². The van der Waals surface area contributed by atoms with Crippen LogP contribution in [0.25, 0.3) is 22.6 Å². The normalized spacial score (nSPS) is 10.3. The molecule has 2 N–H and O–H groups in total. The van der Waals surface area contributed by atoms with Gasteiger partial charge in [0.25, 0.3) is 5.69 Å². The molecule has 0 fully saturated rings. The molecule has 1 heterocycles. The van der Waals surface area contributed by atoms with E-state index in [1.807, 2.05) is 0 Å². The van der Waals surface area contributed by atoms with Crippen LogP contribution in [-0.4, -0.2) is 29.6 Å². The van der Waals surface area contributed by atoms with E-state index >= 15 is 0 Å². The van der Waals surface area contributed by atoms with Crippen molar-refractivity contribution in [3.8, 4) is 28.3 Å². The fourth-order valence-corrected chi connectivity index (χ4v) is 2.54. The maximum absolute atomic E-state index is 11.4. The van der Waals surface area contributed by atoms with E-state index in [1.54, 1.807) is 30.3 Å². The monoisotopic (exact) mass is 350 g/mol.